The summed E-state index contributed by atoms with van der Waals surface area (Å²) in [6.07, 6.45) is -0.106. The summed E-state index contributed by atoms with van der Waals surface area (Å²) in [6.45, 7) is 4.01. The summed E-state index contributed by atoms with van der Waals surface area (Å²) in [7, 11) is 1.46. The lowest BCUT2D eigenvalue weighted by Crippen LogP contribution is -2.38. The van der Waals surface area contributed by atoms with E-state index in [0.717, 1.165) is 12.0 Å². The SMILES string of the molecule is CC[C@H](CNC(=O)[C@@H](C)OC(=O)c1ccc(OC)cc1O)c1ccccc1. The molecular formula is C21H25NO5. The molecule has 144 valence electrons. The summed E-state index contributed by atoms with van der Waals surface area (Å²) in [5.41, 5.74) is 1.12. The third-order valence-corrected chi connectivity index (χ3v) is 4.36. The maximum absolute atomic E-state index is 12.3. The number of benzene rings is 2. The number of rotatable bonds is 8. The highest BCUT2D eigenvalue weighted by Crippen LogP contribution is 2.24. The maximum atomic E-state index is 12.3. The van der Waals surface area contributed by atoms with E-state index in [1.165, 1.54) is 32.2 Å². The van der Waals surface area contributed by atoms with E-state index in [-0.39, 0.29) is 23.1 Å². The Balaban J connectivity index is 1.92. The van der Waals surface area contributed by atoms with E-state index in [4.69, 9.17) is 9.47 Å². The van der Waals surface area contributed by atoms with Crippen LogP contribution in [0.2, 0.25) is 0 Å². The molecule has 2 rings (SSSR count). The Bertz CT molecular complexity index is 775. The largest absolute Gasteiger partial charge is 0.507 e. The van der Waals surface area contributed by atoms with Crippen molar-refractivity contribution in [3.05, 3.63) is 59.7 Å². The monoisotopic (exact) mass is 371 g/mol. The van der Waals surface area contributed by atoms with Gasteiger partial charge in [0, 0.05) is 18.5 Å². The van der Waals surface area contributed by atoms with Gasteiger partial charge in [-0.15, -0.1) is 0 Å². The molecule has 0 aliphatic carbocycles. The Kier molecular flexibility index (Phi) is 7.23. The quantitative estimate of drug-likeness (QED) is 0.696. The molecule has 0 aliphatic rings. The summed E-state index contributed by atoms with van der Waals surface area (Å²) in [4.78, 5) is 24.5. The van der Waals surface area contributed by atoms with Gasteiger partial charge in [0.25, 0.3) is 5.91 Å². The van der Waals surface area contributed by atoms with Crippen molar-refractivity contribution in [2.24, 2.45) is 0 Å². The van der Waals surface area contributed by atoms with Crippen LogP contribution < -0.4 is 10.1 Å². The van der Waals surface area contributed by atoms with Gasteiger partial charge in [-0.1, -0.05) is 37.3 Å². The van der Waals surface area contributed by atoms with Crippen molar-refractivity contribution in [3.63, 3.8) is 0 Å². The number of carbonyl (C=O) groups is 2. The molecule has 6 heteroatoms. The summed E-state index contributed by atoms with van der Waals surface area (Å²) < 4.78 is 10.1. The predicted octanol–water partition coefficient (Wildman–Crippen LogP) is 3.26. The van der Waals surface area contributed by atoms with E-state index in [0.29, 0.717) is 12.3 Å². The van der Waals surface area contributed by atoms with Crippen LogP contribution in [0, 0.1) is 0 Å². The molecule has 6 nitrogen and oxygen atoms in total. The van der Waals surface area contributed by atoms with Crippen LogP contribution in [0.25, 0.3) is 0 Å². The summed E-state index contributed by atoms with van der Waals surface area (Å²) in [5, 5.41) is 12.7. The number of amides is 1. The van der Waals surface area contributed by atoms with E-state index in [1.807, 2.05) is 30.3 Å². The van der Waals surface area contributed by atoms with E-state index >= 15 is 0 Å². The van der Waals surface area contributed by atoms with E-state index in [9.17, 15) is 14.7 Å². The maximum Gasteiger partial charge on any atom is 0.342 e. The lowest BCUT2D eigenvalue weighted by atomic mass is 9.96. The van der Waals surface area contributed by atoms with E-state index < -0.39 is 12.1 Å². The smallest absolute Gasteiger partial charge is 0.342 e. The molecule has 0 spiro atoms. The second-order valence-corrected chi connectivity index (χ2v) is 6.19. The van der Waals surface area contributed by atoms with Crippen molar-refractivity contribution < 1.29 is 24.2 Å². The lowest BCUT2D eigenvalue weighted by molar-refractivity contribution is -0.129. The van der Waals surface area contributed by atoms with Gasteiger partial charge < -0.3 is 19.9 Å². The summed E-state index contributed by atoms with van der Waals surface area (Å²) >= 11 is 0. The van der Waals surface area contributed by atoms with Crippen LogP contribution in [0.3, 0.4) is 0 Å². The van der Waals surface area contributed by atoms with Gasteiger partial charge in [0.15, 0.2) is 6.10 Å². The highest BCUT2D eigenvalue weighted by Gasteiger charge is 2.22. The molecule has 0 aliphatic heterocycles. The molecule has 2 aromatic rings. The fourth-order valence-corrected chi connectivity index (χ4v) is 2.68. The number of methoxy groups -OCH3 is 1. The average Bonchev–Trinajstić information content (AvgIpc) is 2.68. The van der Waals surface area contributed by atoms with Gasteiger partial charge in [-0.3, -0.25) is 4.79 Å². The molecule has 0 fully saturated rings. The zero-order valence-electron chi connectivity index (χ0n) is 15.8. The molecule has 1 amide bonds. The third-order valence-electron chi connectivity index (χ3n) is 4.36. The number of nitrogens with one attached hydrogen (secondary N) is 1. The topological polar surface area (TPSA) is 84.9 Å². The molecule has 2 N–H and O–H groups in total. The number of ether oxygens (including phenoxy) is 2. The van der Waals surface area contributed by atoms with Gasteiger partial charge in [0.2, 0.25) is 0 Å². The average molecular weight is 371 g/mol. The van der Waals surface area contributed by atoms with Crippen LogP contribution in [0.1, 0.15) is 42.1 Å². The first kappa shape index (κ1) is 20.3. The minimum atomic E-state index is -0.979. The van der Waals surface area contributed by atoms with Crippen molar-refractivity contribution in [3.8, 4) is 11.5 Å². The zero-order valence-corrected chi connectivity index (χ0v) is 15.8. The van der Waals surface area contributed by atoms with Crippen molar-refractivity contribution in [1.82, 2.24) is 5.32 Å². The third kappa shape index (κ3) is 5.48. The number of carbonyl (C=O) groups excluding carboxylic acids is 2. The molecule has 0 bridgehead atoms. The first-order valence-electron chi connectivity index (χ1n) is 8.86. The fourth-order valence-electron chi connectivity index (χ4n) is 2.68. The van der Waals surface area contributed by atoms with Gasteiger partial charge in [0.1, 0.15) is 17.1 Å². The molecular weight excluding hydrogens is 346 g/mol. The van der Waals surface area contributed by atoms with E-state index in [1.54, 1.807) is 0 Å². The minimum absolute atomic E-state index is 0.0221. The highest BCUT2D eigenvalue weighted by atomic mass is 16.5. The molecule has 0 saturated carbocycles. The summed E-state index contributed by atoms with van der Waals surface area (Å²) in [5.74, 6) is -0.814. The van der Waals surface area contributed by atoms with Crippen LogP contribution in [0.15, 0.2) is 48.5 Å². The van der Waals surface area contributed by atoms with E-state index in [2.05, 4.69) is 12.2 Å². The number of aromatic hydroxyl groups is 1. The van der Waals surface area contributed by atoms with Crippen molar-refractivity contribution in [2.75, 3.05) is 13.7 Å². The first-order valence-corrected chi connectivity index (χ1v) is 8.86. The van der Waals surface area contributed by atoms with Crippen molar-refractivity contribution in [2.45, 2.75) is 32.3 Å². The van der Waals surface area contributed by atoms with Crippen molar-refractivity contribution >= 4 is 11.9 Å². The van der Waals surface area contributed by atoms with Gasteiger partial charge in [0.05, 0.1) is 7.11 Å². The van der Waals surface area contributed by atoms with Gasteiger partial charge in [-0.2, -0.15) is 0 Å². The number of phenolic OH excluding ortho intramolecular Hbond substituents is 1. The molecule has 27 heavy (non-hydrogen) atoms. The van der Waals surface area contributed by atoms with Crippen LogP contribution in [-0.4, -0.2) is 36.7 Å². The Hall–Kier alpha value is -3.02. The number of hydrogen-bond donors (Lipinski definition) is 2. The number of esters is 1. The summed E-state index contributed by atoms with van der Waals surface area (Å²) in [6, 6.07) is 14.2. The molecule has 0 heterocycles. The Labute approximate surface area is 159 Å². The Morgan fingerprint density at radius 3 is 2.44 bits per heavy atom. The van der Waals surface area contributed by atoms with Crippen molar-refractivity contribution in [1.29, 1.82) is 0 Å². The van der Waals surface area contributed by atoms with Gasteiger partial charge in [-0.05, 0) is 31.0 Å². The normalized spacial score (nSPS) is 12.7. The van der Waals surface area contributed by atoms with Crippen LogP contribution >= 0.6 is 0 Å². The first-order chi connectivity index (χ1) is 13.0. The molecule has 0 radical (unpaired) electrons. The zero-order chi connectivity index (χ0) is 19.8. The van der Waals surface area contributed by atoms with Crippen LogP contribution in [0.4, 0.5) is 0 Å². The number of phenols is 1. The number of hydrogen-bond acceptors (Lipinski definition) is 5. The van der Waals surface area contributed by atoms with Crippen LogP contribution in [0.5, 0.6) is 11.5 Å². The fraction of sp³-hybridized carbons (Fsp3) is 0.333. The highest BCUT2D eigenvalue weighted by molar-refractivity contribution is 5.94. The van der Waals surface area contributed by atoms with Gasteiger partial charge in [-0.25, -0.2) is 4.79 Å². The molecule has 0 aromatic heterocycles. The Morgan fingerprint density at radius 1 is 1.15 bits per heavy atom. The minimum Gasteiger partial charge on any atom is -0.507 e. The predicted molar refractivity (Wildman–Crippen MR) is 102 cm³/mol. The second kappa shape index (κ2) is 9.62. The molecule has 0 saturated heterocycles. The Morgan fingerprint density at radius 2 is 1.85 bits per heavy atom. The van der Waals surface area contributed by atoms with Crippen LogP contribution in [-0.2, 0) is 9.53 Å². The second-order valence-electron chi connectivity index (χ2n) is 6.19. The standard InChI is InChI=1S/C21H25NO5/c1-4-15(16-8-6-5-7-9-16)13-22-20(24)14(2)27-21(25)18-11-10-17(26-3)12-19(18)23/h5-12,14-15,23H,4,13H2,1-3H3,(H,22,24)/t14-,15-/m1/s1. The lowest BCUT2D eigenvalue weighted by Gasteiger charge is -2.18. The molecule has 0 unspecified atom stereocenters. The van der Waals surface area contributed by atoms with Gasteiger partial charge >= 0.3 is 5.97 Å². The molecule has 2 atom stereocenters. The molecule has 2 aromatic carbocycles.